The molecule has 0 fully saturated rings. The van der Waals surface area contributed by atoms with Gasteiger partial charge in [0.25, 0.3) is 5.95 Å². The smallest absolute Gasteiger partial charge is 0.258 e. The lowest BCUT2D eigenvalue weighted by Crippen LogP contribution is -2.28. The molecule has 0 saturated carbocycles. The zero-order valence-corrected chi connectivity index (χ0v) is 11.5. The number of hydrogen-bond donors (Lipinski definition) is 2. The van der Waals surface area contributed by atoms with Crippen molar-refractivity contribution < 1.29 is 0 Å². The lowest BCUT2D eigenvalue weighted by molar-refractivity contribution is 0.623. The van der Waals surface area contributed by atoms with Crippen molar-refractivity contribution in [2.24, 2.45) is 0 Å². The van der Waals surface area contributed by atoms with Crippen molar-refractivity contribution in [2.75, 3.05) is 17.2 Å². The molecule has 0 amide bonds. The van der Waals surface area contributed by atoms with Crippen LogP contribution in [0.25, 0.3) is 5.95 Å². The number of hydrogen-bond acceptors (Lipinski definition) is 7. The SMILES string of the molecule is CCNc1nc(NC(C)(C)C)nc(-n2cncn2)n1. The van der Waals surface area contributed by atoms with Crippen LogP contribution < -0.4 is 10.6 Å². The first-order valence-electron chi connectivity index (χ1n) is 6.11. The Hall–Kier alpha value is -2.25. The third-order valence-electron chi connectivity index (χ3n) is 2.07. The van der Waals surface area contributed by atoms with E-state index in [2.05, 4.69) is 35.7 Å². The molecule has 0 aliphatic heterocycles. The summed E-state index contributed by atoms with van der Waals surface area (Å²) in [6.45, 7) is 8.84. The molecule has 0 aliphatic rings. The van der Waals surface area contributed by atoms with E-state index in [1.165, 1.54) is 11.0 Å². The number of nitrogens with zero attached hydrogens (tertiary/aromatic N) is 6. The first-order chi connectivity index (χ1) is 8.98. The second-order valence-electron chi connectivity index (χ2n) is 5.03. The summed E-state index contributed by atoms with van der Waals surface area (Å²) in [5.74, 6) is 1.44. The van der Waals surface area contributed by atoms with Crippen molar-refractivity contribution in [3.05, 3.63) is 12.7 Å². The van der Waals surface area contributed by atoms with Gasteiger partial charge < -0.3 is 10.6 Å². The third-order valence-corrected chi connectivity index (χ3v) is 2.07. The zero-order chi connectivity index (χ0) is 13.9. The highest BCUT2D eigenvalue weighted by Crippen LogP contribution is 2.13. The van der Waals surface area contributed by atoms with E-state index in [1.807, 2.05) is 27.7 Å². The molecule has 0 radical (unpaired) electrons. The predicted octanol–water partition coefficient (Wildman–Crippen LogP) is 1.09. The number of nitrogens with one attached hydrogen (secondary N) is 2. The van der Waals surface area contributed by atoms with Gasteiger partial charge >= 0.3 is 0 Å². The van der Waals surface area contributed by atoms with Crippen LogP contribution >= 0.6 is 0 Å². The predicted molar refractivity (Wildman–Crippen MR) is 72.3 cm³/mol. The first-order valence-corrected chi connectivity index (χ1v) is 6.11. The van der Waals surface area contributed by atoms with Crippen LogP contribution in [0, 0.1) is 0 Å². The summed E-state index contributed by atoms with van der Waals surface area (Å²) < 4.78 is 1.50. The molecule has 0 unspecified atom stereocenters. The third kappa shape index (κ3) is 3.60. The summed E-state index contributed by atoms with van der Waals surface area (Å²) in [5, 5.41) is 10.3. The lowest BCUT2D eigenvalue weighted by Gasteiger charge is -2.20. The van der Waals surface area contributed by atoms with Gasteiger partial charge in [-0.25, -0.2) is 4.98 Å². The zero-order valence-electron chi connectivity index (χ0n) is 11.5. The van der Waals surface area contributed by atoms with E-state index in [0.29, 0.717) is 17.8 Å². The molecular formula is C11H18N8. The molecule has 102 valence electrons. The summed E-state index contributed by atoms with van der Waals surface area (Å²) in [6, 6.07) is 0. The molecule has 0 aliphatic carbocycles. The average Bonchev–Trinajstić information content (AvgIpc) is 2.79. The second kappa shape index (κ2) is 5.17. The van der Waals surface area contributed by atoms with Crippen molar-refractivity contribution in [3.8, 4) is 5.95 Å². The molecular weight excluding hydrogens is 244 g/mol. The Labute approximate surface area is 111 Å². The van der Waals surface area contributed by atoms with Crippen molar-refractivity contribution in [1.82, 2.24) is 29.7 Å². The molecule has 0 atom stereocenters. The Morgan fingerprint density at radius 1 is 1.16 bits per heavy atom. The van der Waals surface area contributed by atoms with Crippen LogP contribution in [0.4, 0.5) is 11.9 Å². The highest BCUT2D eigenvalue weighted by atomic mass is 15.4. The Morgan fingerprint density at radius 2 is 1.89 bits per heavy atom. The summed E-state index contributed by atoms with van der Waals surface area (Å²) in [7, 11) is 0. The molecule has 0 spiro atoms. The molecule has 2 N–H and O–H groups in total. The van der Waals surface area contributed by atoms with Crippen LogP contribution in [0.3, 0.4) is 0 Å². The minimum absolute atomic E-state index is 0.134. The fraction of sp³-hybridized carbons (Fsp3) is 0.545. The molecule has 2 aromatic heterocycles. The molecule has 19 heavy (non-hydrogen) atoms. The maximum Gasteiger partial charge on any atom is 0.258 e. The molecule has 0 aromatic carbocycles. The second-order valence-corrected chi connectivity index (χ2v) is 5.03. The van der Waals surface area contributed by atoms with Gasteiger partial charge in [-0.15, -0.1) is 0 Å². The van der Waals surface area contributed by atoms with Crippen LogP contribution in [0.5, 0.6) is 0 Å². The Balaban J connectivity index is 2.38. The van der Waals surface area contributed by atoms with Gasteiger partial charge in [0.1, 0.15) is 12.7 Å². The molecule has 2 rings (SSSR count). The van der Waals surface area contributed by atoms with Crippen LogP contribution in [0.2, 0.25) is 0 Å². The van der Waals surface area contributed by atoms with E-state index in [1.54, 1.807) is 6.33 Å². The minimum Gasteiger partial charge on any atom is -0.354 e. The van der Waals surface area contributed by atoms with E-state index in [9.17, 15) is 0 Å². The van der Waals surface area contributed by atoms with E-state index in [4.69, 9.17) is 0 Å². The van der Waals surface area contributed by atoms with E-state index in [-0.39, 0.29) is 5.54 Å². The standard InChI is InChI=1S/C11H18N8/c1-5-13-8-15-9(18-11(2,3)4)17-10(16-8)19-7-12-6-14-19/h6-7H,5H2,1-4H3,(H2,13,15,16,17,18). The minimum atomic E-state index is -0.134. The topological polar surface area (TPSA) is 93.4 Å². The largest absolute Gasteiger partial charge is 0.354 e. The molecule has 2 aromatic rings. The Morgan fingerprint density at radius 3 is 2.47 bits per heavy atom. The molecule has 8 nitrogen and oxygen atoms in total. The van der Waals surface area contributed by atoms with Crippen molar-refractivity contribution >= 4 is 11.9 Å². The van der Waals surface area contributed by atoms with Gasteiger partial charge in [0.05, 0.1) is 0 Å². The normalized spacial score (nSPS) is 11.4. The molecule has 0 saturated heterocycles. The van der Waals surface area contributed by atoms with Gasteiger partial charge in [-0.3, -0.25) is 0 Å². The quantitative estimate of drug-likeness (QED) is 0.851. The van der Waals surface area contributed by atoms with Gasteiger partial charge in [-0.1, -0.05) is 0 Å². The van der Waals surface area contributed by atoms with Crippen LogP contribution in [-0.2, 0) is 0 Å². The Bertz CT molecular complexity index is 528. The lowest BCUT2D eigenvalue weighted by atomic mass is 10.1. The summed E-state index contributed by atoms with van der Waals surface area (Å²) in [4.78, 5) is 16.8. The monoisotopic (exact) mass is 262 g/mol. The van der Waals surface area contributed by atoms with Crippen LogP contribution in [-0.4, -0.2) is 41.8 Å². The molecule has 2 heterocycles. The highest BCUT2D eigenvalue weighted by molar-refractivity contribution is 5.38. The number of anilines is 2. The van der Waals surface area contributed by atoms with E-state index < -0.39 is 0 Å². The van der Waals surface area contributed by atoms with Crippen LogP contribution in [0.1, 0.15) is 27.7 Å². The van der Waals surface area contributed by atoms with Crippen molar-refractivity contribution in [2.45, 2.75) is 33.2 Å². The first kappa shape index (κ1) is 13.2. The van der Waals surface area contributed by atoms with E-state index >= 15 is 0 Å². The van der Waals surface area contributed by atoms with Gasteiger partial charge in [0, 0.05) is 12.1 Å². The highest BCUT2D eigenvalue weighted by Gasteiger charge is 2.14. The number of rotatable bonds is 4. The summed E-state index contributed by atoms with van der Waals surface area (Å²) >= 11 is 0. The maximum atomic E-state index is 4.33. The fourth-order valence-corrected chi connectivity index (χ4v) is 1.41. The summed E-state index contributed by atoms with van der Waals surface area (Å²) in [6.07, 6.45) is 2.99. The average molecular weight is 262 g/mol. The summed E-state index contributed by atoms with van der Waals surface area (Å²) in [5.41, 5.74) is -0.134. The van der Waals surface area contributed by atoms with Gasteiger partial charge in [-0.05, 0) is 27.7 Å². The maximum absolute atomic E-state index is 4.33. The Kier molecular flexibility index (Phi) is 3.59. The molecule has 0 bridgehead atoms. The van der Waals surface area contributed by atoms with Gasteiger partial charge in [0.2, 0.25) is 11.9 Å². The fourth-order valence-electron chi connectivity index (χ4n) is 1.41. The molecule has 8 heteroatoms. The number of aromatic nitrogens is 6. The van der Waals surface area contributed by atoms with Crippen LogP contribution in [0.15, 0.2) is 12.7 Å². The van der Waals surface area contributed by atoms with E-state index in [0.717, 1.165) is 6.54 Å². The van der Waals surface area contributed by atoms with Gasteiger partial charge in [0.15, 0.2) is 0 Å². The van der Waals surface area contributed by atoms with Crippen molar-refractivity contribution in [1.29, 1.82) is 0 Å². The van der Waals surface area contributed by atoms with Gasteiger partial charge in [-0.2, -0.15) is 24.7 Å². The van der Waals surface area contributed by atoms with Crippen molar-refractivity contribution in [3.63, 3.8) is 0 Å².